The highest BCUT2D eigenvalue weighted by Crippen LogP contribution is 2.06. The molecule has 0 aliphatic carbocycles. The summed E-state index contributed by atoms with van der Waals surface area (Å²) in [7, 11) is 1.55. The number of carbonyl (C=O) groups excluding carboxylic acids is 2. The topological polar surface area (TPSA) is 101 Å². The van der Waals surface area contributed by atoms with Gasteiger partial charge >= 0.3 is 0 Å². The van der Waals surface area contributed by atoms with Crippen molar-refractivity contribution < 1.29 is 14.1 Å². The molecule has 0 aliphatic heterocycles. The van der Waals surface area contributed by atoms with E-state index in [1.54, 1.807) is 27.0 Å². The van der Waals surface area contributed by atoms with Gasteiger partial charge in [0.25, 0.3) is 0 Å². The fourth-order valence-electron chi connectivity index (χ4n) is 1.34. The van der Waals surface area contributed by atoms with Crippen LogP contribution in [0.1, 0.15) is 19.1 Å². The summed E-state index contributed by atoms with van der Waals surface area (Å²) in [5, 5.41) is 6.16. The summed E-state index contributed by atoms with van der Waals surface area (Å²) in [4.78, 5) is 24.5. The normalized spacial score (nSPS) is 12.0. The number of amides is 2. The second kappa shape index (κ2) is 6.15. The summed E-state index contributed by atoms with van der Waals surface area (Å²) in [5.74, 6) is 0.442. The molecule has 0 aromatic carbocycles. The molecule has 1 unspecified atom stereocenters. The molecule has 7 heteroatoms. The van der Waals surface area contributed by atoms with Crippen molar-refractivity contribution in [3.05, 3.63) is 11.8 Å². The molecular formula is C11H18N4O3. The highest BCUT2D eigenvalue weighted by atomic mass is 16.5. The minimum atomic E-state index is -0.330. The minimum Gasteiger partial charge on any atom is -0.360 e. The van der Waals surface area contributed by atoms with E-state index in [-0.39, 0.29) is 30.8 Å². The van der Waals surface area contributed by atoms with Crippen LogP contribution in [0.3, 0.4) is 0 Å². The maximum Gasteiger partial charge on any atom is 0.245 e. The third kappa shape index (κ3) is 4.54. The number of hydrogen-bond donors (Lipinski definition) is 2. The second-order valence-electron chi connectivity index (χ2n) is 4.30. The van der Waals surface area contributed by atoms with E-state index >= 15 is 0 Å². The molecule has 3 N–H and O–H groups in total. The number of nitrogens with two attached hydrogens (primary N) is 1. The van der Waals surface area contributed by atoms with E-state index in [0.29, 0.717) is 11.6 Å². The van der Waals surface area contributed by atoms with Crippen LogP contribution in [-0.2, 0) is 9.59 Å². The Morgan fingerprint density at radius 1 is 1.61 bits per heavy atom. The molecule has 0 aliphatic rings. The third-order valence-corrected chi connectivity index (χ3v) is 2.20. The Hall–Kier alpha value is -1.89. The predicted octanol–water partition coefficient (Wildman–Crippen LogP) is 0.117. The van der Waals surface area contributed by atoms with Crippen LogP contribution in [0.15, 0.2) is 10.6 Å². The first-order chi connectivity index (χ1) is 8.38. The number of aromatic nitrogens is 1. The van der Waals surface area contributed by atoms with Crippen LogP contribution in [0.4, 0.5) is 5.82 Å². The maximum absolute atomic E-state index is 11.6. The summed E-state index contributed by atoms with van der Waals surface area (Å²) in [6.45, 7) is 3.42. The number of aryl methyl sites for hydroxylation is 1. The lowest BCUT2D eigenvalue weighted by Gasteiger charge is -2.17. The Labute approximate surface area is 105 Å². The number of nitrogens with one attached hydrogen (secondary N) is 1. The van der Waals surface area contributed by atoms with Crippen LogP contribution < -0.4 is 11.1 Å². The zero-order chi connectivity index (χ0) is 13.7. The van der Waals surface area contributed by atoms with Crippen molar-refractivity contribution in [3.8, 4) is 0 Å². The Kier molecular flexibility index (Phi) is 4.85. The van der Waals surface area contributed by atoms with Gasteiger partial charge in [-0.05, 0) is 13.8 Å². The first-order valence-electron chi connectivity index (χ1n) is 5.61. The largest absolute Gasteiger partial charge is 0.360 e. The molecule has 1 rings (SSSR count). The van der Waals surface area contributed by atoms with Crippen LogP contribution in [0.2, 0.25) is 0 Å². The van der Waals surface area contributed by atoms with Crippen molar-refractivity contribution >= 4 is 17.6 Å². The lowest BCUT2D eigenvalue weighted by atomic mass is 10.2. The summed E-state index contributed by atoms with van der Waals surface area (Å²) < 4.78 is 4.81. The second-order valence-corrected chi connectivity index (χ2v) is 4.30. The van der Waals surface area contributed by atoms with Gasteiger partial charge in [-0.2, -0.15) is 0 Å². The monoisotopic (exact) mass is 254 g/mol. The molecule has 0 fully saturated rings. The minimum absolute atomic E-state index is 0.0442. The number of anilines is 1. The Morgan fingerprint density at radius 2 is 2.28 bits per heavy atom. The predicted molar refractivity (Wildman–Crippen MR) is 65.8 cm³/mol. The third-order valence-electron chi connectivity index (χ3n) is 2.20. The maximum atomic E-state index is 11.6. The lowest BCUT2D eigenvalue weighted by Crippen LogP contribution is -2.37. The van der Waals surface area contributed by atoms with Crippen LogP contribution in [-0.4, -0.2) is 41.5 Å². The van der Waals surface area contributed by atoms with Crippen molar-refractivity contribution in [3.63, 3.8) is 0 Å². The quantitative estimate of drug-likeness (QED) is 0.777. The van der Waals surface area contributed by atoms with E-state index in [1.807, 2.05) is 0 Å². The average Bonchev–Trinajstić information content (AvgIpc) is 2.62. The van der Waals surface area contributed by atoms with Crippen molar-refractivity contribution in [1.29, 1.82) is 0 Å². The Balaban J connectivity index is 2.42. The number of likely N-dealkylation sites (N-methyl/N-ethyl adjacent to an activating group) is 1. The van der Waals surface area contributed by atoms with Gasteiger partial charge in [0.05, 0.1) is 6.54 Å². The molecule has 0 radical (unpaired) electrons. The SMILES string of the molecule is Cc1cc(NC(=O)CN(C)C(=O)CC(C)N)no1. The van der Waals surface area contributed by atoms with Gasteiger partial charge in [-0.3, -0.25) is 9.59 Å². The van der Waals surface area contributed by atoms with E-state index in [2.05, 4.69) is 10.5 Å². The molecule has 0 bridgehead atoms. The van der Waals surface area contributed by atoms with Crippen molar-refractivity contribution in [2.75, 3.05) is 18.9 Å². The van der Waals surface area contributed by atoms with Gasteiger partial charge in [0.1, 0.15) is 5.76 Å². The lowest BCUT2D eigenvalue weighted by molar-refractivity contribution is -0.133. The van der Waals surface area contributed by atoms with Crippen LogP contribution in [0, 0.1) is 6.92 Å². The molecule has 1 atom stereocenters. The molecule has 1 heterocycles. The van der Waals surface area contributed by atoms with Gasteiger partial charge in [0, 0.05) is 25.6 Å². The van der Waals surface area contributed by atoms with Crippen molar-refractivity contribution in [2.24, 2.45) is 5.73 Å². The number of nitrogens with zero attached hydrogens (tertiary/aromatic N) is 2. The highest BCUT2D eigenvalue weighted by molar-refractivity contribution is 5.93. The standard InChI is InChI=1S/C11H18N4O3/c1-7(12)4-11(17)15(3)6-10(16)13-9-5-8(2)18-14-9/h5,7H,4,6,12H2,1-3H3,(H,13,14,16). The van der Waals surface area contributed by atoms with Crippen LogP contribution in [0.25, 0.3) is 0 Å². The number of hydrogen-bond acceptors (Lipinski definition) is 5. The summed E-state index contributed by atoms with van der Waals surface area (Å²) in [6.07, 6.45) is 0.215. The number of rotatable bonds is 5. The molecule has 1 aromatic heterocycles. The van der Waals surface area contributed by atoms with E-state index in [0.717, 1.165) is 0 Å². The van der Waals surface area contributed by atoms with Gasteiger partial charge in [0.15, 0.2) is 5.82 Å². The molecule has 18 heavy (non-hydrogen) atoms. The summed E-state index contributed by atoms with van der Waals surface area (Å²) in [5.41, 5.74) is 5.52. The number of carbonyl (C=O) groups is 2. The van der Waals surface area contributed by atoms with Gasteiger partial charge in [-0.25, -0.2) is 0 Å². The zero-order valence-electron chi connectivity index (χ0n) is 10.8. The van der Waals surface area contributed by atoms with Gasteiger partial charge < -0.3 is 20.5 Å². The molecule has 2 amide bonds. The zero-order valence-corrected chi connectivity index (χ0v) is 10.8. The van der Waals surface area contributed by atoms with Gasteiger partial charge in [0.2, 0.25) is 11.8 Å². The van der Waals surface area contributed by atoms with E-state index < -0.39 is 0 Å². The first kappa shape index (κ1) is 14.2. The smallest absolute Gasteiger partial charge is 0.245 e. The molecule has 0 saturated heterocycles. The van der Waals surface area contributed by atoms with E-state index in [4.69, 9.17) is 10.3 Å². The van der Waals surface area contributed by atoms with Crippen molar-refractivity contribution in [2.45, 2.75) is 26.3 Å². The van der Waals surface area contributed by atoms with Crippen molar-refractivity contribution in [1.82, 2.24) is 10.1 Å². The van der Waals surface area contributed by atoms with Gasteiger partial charge in [-0.15, -0.1) is 0 Å². The molecule has 7 nitrogen and oxygen atoms in total. The average molecular weight is 254 g/mol. The molecule has 0 spiro atoms. The van der Waals surface area contributed by atoms with Crippen LogP contribution >= 0.6 is 0 Å². The molecule has 100 valence electrons. The van der Waals surface area contributed by atoms with E-state index in [1.165, 1.54) is 4.90 Å². The molecule has 0 saturated carbocycles. The summed E-state index contributed by atoms with van der Waals surface area (Å²) >= 11 is 0. The summed E-state index contributed by atoms with van der Waals surface area (Å²) in [6, 6.07) is 1.38. The fourth-order valence-corrected chi connectivity index (χ4v) is 1.34. The first-order valence-corrected chi connectivity index (χ1v) is 5.61. The molecule has 1 aromatic rings. The Bertz CT molecular complexity index is 428. The van der Waals surface area contributed by atoms with E-state index in [9.17, 15) is 9.59 Å². The fraction of sp³-hybridized carbons (Fsp3) is 0.545. The highest BCUT2D eigenvalue weighted by Gasteiger charge is 2.15. The molecular weight excluding hydrogens is 236 g/mol. The Morgan fingerprint density at radius 3 is 2.78 bits per heavy atom. The van der Waals surface area contributed by atoms with Crippen LogP contribution in [0.5, 0.6) is 0 Å². The van der Waals surface area contributed by atoms with Gasteiger partial charge in [-0.1, -0.05) is 5.16 Å².